The van der Waals surface area contributed by atoms with Gasteiger partial charge in [-0.05, 0) is 37.9 Å². The van der Waals surface area contributed by atoms with Gasteiger partial charge in [0.1, 0.15) is 0 Å². The summed E-state index contributed by atoms with van der Waals surface area (Å²) in [6.07, 6.45) is 22.7. The Bertz CT molecular complexity index is 864. The maximum atomic E-state index is 12.5. The van der Waals surface area contributed by atoms with Crippen LogP contribution in [0.5, 0.6) is 0 Å². The summed E-state index contributed by atoms with van der Waals surface area (Å²) in [5.41, 5.74) is 11.7. The van der Waals surface area contributed by atoms with Gasteiger partial charge in [0.15, 0.2) is 0 Å². The second-order valence-electron chi connectivity index (χ2n) is 11.3. The first-order valence-corrected chi connectivity index (χ1v) is 16.2. The van der Waals surface area contributed by atoms with Crippen molar-refractivity contribution in [3.05, 3.63) is 39.4 Å². The van der Waals surface area contributed by atoms with Gasteiger partial charge in [-0.1, -0.05) is 110 Å². The Morgan fingerprint density at radius 1 is 0.805 bits per heavy atom. The summed E-state index contributed by atoms with van der Waals surface area (Å²) in [6.45, 7) is 3.32. The molecule has 9 nitrogen and oxygen atoms in total. The first-order valence-electron chi connectivity index (χ1n) is 16.2. The molecule has 6 N–H and O–H groups in total. The molecule has 0 radical (unpaired) electrons. The Hall–Kier alpha value is -2.52. The van der Waals surface area contributed by atoms with Gasteiger partial charge in [-0.3, -0.25) is 19.7 Å². The molecule has 0 saturated heterocycles. The summed E-state index contributed by atoms with van der Waals surface area (Å²) in [6, 6.07) is 3.65. The van der Waals surface area contributed by atoms with Crippen LogP contribution in [-0.2, 0) is 11.3 Å². The molecule has 1 aromatic rings. The number of nitrogens with one attached hydrogen (secondary N) is 2. The van der Waals surface area contributed by atoms with Crippen molar-refractivity contribution in [1.29, 1.82) is 0 Å². The minimum absolute atomic E-state index is 0.0270. The maximum absolute atomic E-state index is 12.5. The van der Waals surface area contributed by atoms with Crippen LogP contribution in [0, 0.1) is 10.1 Å². The summed E-state index contributed by atoms with van der Waals surface area (Å²) in [4.78, 5) is 35.8. The summed E-state index contributed by atoms with van der Waals surface area (Å²) < 4.78 is 0. The van der Waals surface area contributed by atoms with Gasteiger partial charge in [0.2, 0.25) is 5.91 Å². The molecule has 9 heteroatoms. The molecular formula is C32H57N5O4. The van der Waals surface area contributed by atoms with Gasteiger partial charge in [-0.2, -0.15) is 0 Å². The number of hydrogen-bond acceptors (Lipinski definition) is 6. The molecule has 0 unspecified atom stereocenters. The van der Waals surface area contributed by atoms with Crippen LogP contribution in [-0.4, -0.2) is 35.9 Å². The normalized spacial score (nSPS) is 11.8. The second kappa shape index (κ2) is 24.1. The number of nitrogens with two attached hydrogens (primary N) is 2. The summed E-state index contributed by atoms with van der Waals surface area (Å²) >= 11 is 0. The van der Waals surface area contributed by atoms with E-state index in [-0.39, 0.29) is 29.6 Å². The van der Waals surface area contributed by atoms with Crippen LogP contribution < -0.4 is 22.1 Å². The number of amides is 2. The molecule has 2 amide bonds. The van der Waals surface area contributed by atoms with Crippen LogP contribution in [0.25, 0.3) is 0 Å². The van der Waals surface area contributed by atoms with Crippen molar-refractivity contribution in [3.8, 4) is 0 Å². The number of nitro benzene ring substituents is 1. The van der Waals surface area contributed by atoms with E-state index in [9.17, 15) is 19.7 Å². The maximum Gasteiger partial charge on any atom is 0.275 e. The van der Waals surface area contributed by atoms with Crippen LogP contribution in [0.2, 0.25) is 0 Å². The molecule has 0 aliphatic carbocycles. The van der Waals surface area contributed by atoms with E-state index >= 15 is 0 Å². The average molecular weight is 576 g/mol. The van der Waals surface area contributed by atoms with Gasteiger partial charge in [-0.25, -0.2) is 0 Å². The summed E-state index contributed by atoms with van der Waals surface area (Å²) in [5, 5.41) is 17.1. The van der Waals surface area contributed by atoms with Crippen LogP contribution in [0.4, 0.5) is 5.69 Å². The van der Waals surface area contributed by atoms with Gasteiger partial charge in [0, 0.05) is 30.3 Å². The van der Waals surface area contributed by atoms with E-state index in [1.807, 2.05) is 0 Å². The molecule has 0 spiro atoms. The molecule has 0 saturated carbocycles. The third-order valence-corrected chi connectivity index (χ3v) is 7.62. The summed E-state index contributed by atoms with van der Waals surface area (Å²) in [7, 11) is 0. The Morgan fingerprint density at radius 2 is 1.34 bits per heavy atom. The van der Waals surface area contributed by atoms with Gasteiger partial charge >= 0.3 is 0 Å². The predicted octanol–water partition coefficient (Wildman–Crippen LogP) is 6.66. The van der Waals surface area contributed by atoms with Gasteiger partial charge in [0.25, 0.3) is 11.6 Å². The Morgan fingerprint density at radius 3 is 1.85 bits per heavy atom. The molecule has 0 aliphatic rings. The largest absolute Gasteiger partial charge is 0.352 e. The molecule has 0 aliphatic heterocycles. The lowest BCUT2D eigenvalue weighted by Crippen LogP contribution is -2.40. The molecule has 234 valence electrons. The zero-order valence-corrected chi connectivity index (χ0v) is 25.6. The molecule has 1 aromatic carbocycles. The fourth-order valence-electron chi connectivity index (χ4n) is 4.95. The smallest absolute Gasteiger partial charge is 0.275 e. The highest BCUT2D eigenvalue weighted by Crippen LogP contribution is 2.21. The molecule has 41 heavy (non-hydrogen) atoms. The van der Waals surface area contributed by atoms with Crippen molar-refractivity contribution in [2.75, 3.05) is 13.1 Å². The van der Waals surface area contributed by atoms with Gasteiger partial charge < -0.3 is 22.1 Å². The molecule has 1 atom stereocenters. The Balaban J connectivity index is 2.19. The Labute approximate surface area is 248 Å². The molecule has 0 aromatic heterocycles. The number of carbonyl (C=O) groups excluding carboxylic acids is 2. The minimum atomic E-state index is -0.685. The third kappa shape index (κ3) is 17.8. The highest BCUT2D eigenvalue weighted by molar-refractivity contribution is 5.95. The quantitative estimate of drug-likeness (QED) is 0.0550. The van der Waals surface area contributed by atoms with E-state index in [1.165, 1.54) is 95.6 Å². The van der Waals surface area contributed by atoms with Crippen LogP contribution >= 0.6 is 0 Å². The number of hydrogen-bond donors (Lipinski definition) is 4. The van der Waals surface area contributed by atoms with Crippen molar-refractivity contribution >= 4 is 17.5 Å². The van der Waals surface area contributed by atoms with Crippen molar-refractivity contribution < 1.29 is 14.5 Å². The number of rotatable bonds is 26. The van der Waals surface area contributed by atoms with E-state index in [2.05, 4.69) is 17.6 Å². The van der Waals surface area contributed by atoms with Crippen LogP contribution in [0.1, 0.15) is 145 Å². The lowest BCUT2D eigenvalue weighted by molar-refractivity contribution is -0.385. The highest BCUT2D eigenvalue weighted by Gasteiger charge is 2.19. The number of nitrogens with zero attached hydrogens (tertiary/aromatic N) is 1. The fourth-order valence-corrected chi connectivity index (χ4v) is 4.95. The van der Waals surface area contributed by atoms with E-state index in [4.69, 9.17) is 11.5 Å². The SMILES string of the molecule is CCCCCCCCCCCCCCCCCCNC(=O)c1ccc(CNC(=O)[C@@H](N)CCCCN)c([N+](=O)[O-])c1. The van der Waals surface area contributed by atoms with E-state index < -0.39 is 11.0 Å². The highest BCUT2D eigenvalue weighted by atomic mass is 16.6. The average Bonchev–Trinajstić information content (AvgIpc) is 2.97. The lowest BCUT2D eigenvalue weighted by atomic mass is 10.0. The van der Waals surface area contributed by atoms with Crippen molar-refractivity contribution in [3.63, 3.8) is 0 Å². The molecule has 1 rings (SSSR count). The lowest BCUT2D eigenvalue weighted by Gasteiger charge is -2.12. The number of nitro groups is 1. The van der Waals surface area contributed by atoms with E-state index in [0.717, 1.165) is 32.1 Å². The van der Waals surface area contributed by atoms with Crippen molar-refractivity contribution in [2.24, 2.45) is 11.5 Å². The molecule has 0 bridgehead atoms. The second-order valence-corrected chi connectivity index (χ2v) is 11.3. The third-order valence-electron chi connectivity index (χ3n) is 7.62. The minimum Gasteiger partial charge on any atom is -0.352 e. The molecular weight excluding hydrogens is 518 g/mol. The topological polar surface area (TPSA) is 153 Å². The number of carbonyl (C=O) groups is 2. The standard InChI is InChI=1S/C32H57N5O4/c1-2-3-4-5-6-7-8-9-10-11-12-13-14-15-16-19-24-35-31(38)27-21-22-28(30(25-27)37(40)41)26-36-32(39)29(34)20-17-18-23-33/h21-22,25,29H,2-20,23-24,26,33-34H2,1H3,(H,35,38)(H,36,39)/t29-/m0/s1. The zero-order valence-electron chi connectivity index (χ0n) is 25.6. The number of benzene rings is 1. The van der Waals surface area contributed by atoms with Gasteiger partial charge in [0.05, 0.1) is 11.0 Å². The predicted molar refractivity (Wildman–Crippen MR) is 168 cm³/mol. The fraction of sp³-hybridized carbons (Fsp3) is 0.750. The molecule has 0 fully saturated rings. The van der Waals surface area contributed by atoms with Crippen molar-refractivity contribution in [1.82, 2.24) is 10.6 Å². The zero-order chi connectivity index (χ0) is 30.1. The van der Waals surface area contributed by atoms with Crippen LogP contribution in [0.15, 0.2) is 18.2 Å². The van der Waals surface area contributed by atoms with E-state index in [0.29, 0.717) is 25.1 Å². The van der Waals surface area contributed by atoms with Crippen LogP contribution in [0.3, 0.4) is 0 Å². The monoisotopic (exact) mass is 575 g/mol. The van der Waals surface area contributed by atoms with Gasteiger partial charge in [-0.15, -0.1) is 0 Å². The molecule has 0 heterocycles. The van der Waals surface area contributed by atoms with Crippen molar-refractivity contribution in [2.45, 2.75) is 142 Å². The van der Waals surface area contributed by atoms with E-state index in [1.54, 1.807) is 6.07 Å². The first-order chi connectivity index (χ1) is 19.9. The number of unbranched alkanes of at least 4 members (excludes halogenated alkanes) is 16. The summed E-state index contributed by atoms with van der Waals surface area (Å²) in [5.74, 6) is -0.691. The Kier molecular flexibility index (Phi) is 21.5. The first kappa shape index (κ1) is 36.5.